The second-order valence-electron chi connectivity index (χ2n) is 4.76. The highest BCUT2D eigenvalue weighted by Gasteiger charge is 2.16. The van der Waals surface area contributed by atoms with Crippen molar-refractivity contribution in [3.8, 4) is 11.1 Å². The molecule has 0 aliphatic carbocycles. The fourth-order valence-corrected chi connectivity index (χ4v) is 2.42. The van der Waals surface area contributed by atoms with Crippen molar-refractivity contribution in [2.75, 3.05) is 0 Å². The van der Waals surface area contributed by atoms with Crippen molar-refractivity contribution in [2.24, 2.45) is 0 Å². The summed E-state index contributed by atoms with van der Waals surface area (Å²) >= 11 is 0. The first-order chi connectivity index (χ1) is 10.5. The molecule has 0 amide bonds. The number of halogens is 3. The molecule has 0 aliphatic heterocycles. The molecule has 0 radical (unpaired) electrons. The van der Waals surface area contributed by atoms with Crippen LogP contribution in [0, 0.1) is 17.5 Å². The van der Waals surface area contributed by atoms with Crippen LogP contribution >= 0.6 is 0 Å². The molecule has 0 saturated heterocycles. The first kappa shape index (κ1) is 14.1. The van der Waals surface area contributed by atoms with Gasteiger partial charge in [0.2, 0.25) is 0 Å². The van der Waals surface area contributed by atoms with Crippen LogP contribution in [-0.2, 0) is 0 Å². The predicted octanol–water partition coefficient (Wildman–Crippen LogP) is 4.62. The first-order valence-corrected chi connectivity index (χ1v) is 6.39. The van der Waals surface area contributed by atoms with Crippen molar-refractivity contribution in [3.05, 3.63) is 71.5 Å². The average Bonchev–Trinajstić information content (AvgIpc) is 2.49. The van der Waals surface area contributed by atoms with Crippen LogP contribution in [0.3, 0.4) is 0 Å². The number of hydrogen-bond donors (Lipinski definition) is 1. The summed E-state index contributed by atoms with van der Waals surface area (Å²) < 4.78 is 41.8. The van der Waals surface area contributed by atoms with Gasteiger partial charge in [-0.1, -0.05) is 18.2 Å². The Hall–Kier alpha value is -2.82. The first-order valence-electron chi connectivity index (χ1n) is 6.39. The van der Waals surface area contributed by atoms with Gasteiger partial charge in [-0.05, 0) is 41.3 Å². The minimum atomic E-state index is -1.20. The third kappa shape index (κ3) is 2.20. The van der Waals surface area contributed by atoms with Crippen molar-refractivity contribution < 1.29 is 23.1 Å². The quantitative estimate of drug-likeness (QED) is 0.750. The highest BCUT2D eigenvalue weighted by atomic mass is 19.1. The lowest BCUT2D eigenvalue weighted by molar-refractivity contribution is 0.0697. The maximum atomic E-state index is 14.0. The number of carboxylic acid groups (broad SMARTS) is 1. The lowest BCUT2D eigenvalue weighted by Crippen LogP contribution is -1.98. The molecule has 0 atom stereocenters. The van der Waals surface area contributed by atoms with Gasteiger partial charge < -0.3 is 5.11 Å². The molecule has 0 heterocycles. The zero-order valence-corrected chi connectivity index (χ0v) is 11.1. The molecule has 0 unspecified atom stereocenters. The second-order valence-corrected chi connectivity index (χ2v) is 4.76. The van der Waals surface area contributed by atoms with Gasteiger partial charge in [0.05, 0.1) is 11.1 Å². The summed E-state index contributed by atoms with van der Waals surface area (Å²) in [4.78, 5) is 11.1. The van der Waals surface area contributed by atoms with E-state index in [1.165, 1.54) is 30.3 Å². The molecule has 3 rings (SSSR count). The van der Waals surface area contributed by atoms with Gasteiger partial charge in [0.15, 0.2) is 0 Å². The summed E-state index contributed by atoms with van der Waals surface area (Å²) in [6.45, 7) is 0. The zero-order valence-electron chi connectivity index (χ0n) is 11.1. The number of rotatable bonds is 2. The van der Waals surface area contributed by atoms with E-state index in [0.29, 0.717) is 0 Å². The molecule has 0 aromatic heterocycles. The third-order valence-corrected chi connectivity index (χ3v) is 3.44. The van der Waals surface area contributed by atoms with E-state index in [0.717, 1.165) is 18.2 Å². The summed E-state index contributed by atoms with van der Waals surface area (Å²) in [7, 11) is 0. The number of hydrogen-bond acceptors (Lipinski definition) is 1. The molecule has 110 valence electrons. The maximum absolute atomic E-state index is 14.0. The molecule has 0 fully saturated rings. The van der Waals surface area contributed by atoms with Gasteiger partial charge in [-0.25, -0.2) is 18.0 Å². The summed E-state index contributed by atoms with van der Waals surface area (Å²) in [6.07, 6.45) is 0. The van der Waals surface area contributed by atoms with Gasteiger partial charge in [0, 0.05) is 5.39 Å². The highest BCUT2D eigenvalue weighted by molar-refractivity contribution is 6.01. The lowest BCUT2D eigenvalue weighted by atomic mass is 9.95. The fraction of sp³-hybridized carbons (Fsp3) is 0. The highest BCUT2D eigenvalue weighted by Crippen LogP contribution is 2.34. The number of fused-ring (bicyclic) bond motifs is 1. The normalized spacial score (nSPS) is 10.9. The van der Waals surface area contributed by atoms with Gasteiger partial charge >= 0.3 is 5.97 Å². The molecule has 0 spiro atoms. The molecular weight excluding hydrogens is 293 g/mol. The Labute approximate surface area is 123 Å². The van der Waals surface area contributed by atoms with Crippen molar-refractivity contribution >= 4 is 16.7 Å². The molecule has 5 heteroatoms. The van der Waals surface area contributed by atoms with Crippen molar-refractivity contribution in [3.63, 3.8) is 0 Å². The second kappa shape index (κ2) is 5.18. The third-order valence-electron chi connectivity index (χ3n) is 3.44. The number of aromatic carboxylic acids is 1. The van der Waals surface area contributed by atoms with Crippen LogP contribution in [0.15, 0.2) is 48.5 Å². The number of carboxylic acids is 1. The van der Waals surface area contributed by atoms with E-state index in [2.05, 4.69) is 0 Å². The number of benzene rings is 3. The van der Waals surface area contributed by atoms with Crippen molar-refractivity contribution in [1.82, 2.24) is 0 Å². The van der Waals surface area contributed by atoms with Gasteiger partial charge in [-0.2, -0.15) is 0 Å². The van der Waals surface area contributed by atoms with E-state index in [4.69, 9.17) is 5.11 Å². The lowest BCUT2D eigenvalue weighted by Gasteiger charge is -2.10. The van der Waals surface area contributed by atoms with E-state index in [-0.39, 0.29) is 27.5 Å². The number of carbonyl (C=O) groups is 1. The van der Waals surface area contributed by atoms with Gasteiger partial charge in [0.25, 0.3) is 0 Å². The largest absolute Gasteiger partial charge is 0.478 e. The summed E-state index contributed by atoms with van der Waals surface area (Å²) in [5.41, 5.74) is -0.291. The Bertz CT molecular complexity index is 884. The van der Waals surface area contributed by atoms with E-state index in [1.54, 1.807) is 0 Å². The minimum absolute atomic E-state index is 0.0869. The molecule has 3 aromatic rings. The van der Waals surface area contributed by atoms with Gasteiger partial charge in [-0.15, -0.1) is 0 Å². The molecule has 0 bridgehead atoms. The van der Waals surface area contributed by atoms with Crippen LogP contribution in [0.25, 0.3) is 21.9 Å². The summed E-state index contributed by atoms with van der Waals surface area (Å²) in [6, 6.07) is 9.49. The predicted molar refractivity (Wildman–Crippen MR) is 76.2 cm³/mol. The molecule has 3 aromatic carbocycles. The summed E-state index contributed by atoms with van der Waals surface area (Å²) in [5, 5.41) is 9.29. The Kier molecular flexibility index (Phi) is 3.33. The fourth-order valence-electron chi connectivity index (χ4n) is 2.42. The van der Waals surface area contributed by atoms with E-state index in [9.17, 15) is 18.0 Å². The average molecular weight is 302 g/mol. The van der Waals surface area contributed by atoms with E-state index >= 15 is 0 Å². The van der Waals surface area contributed by atoms with Crippen molar-refractivity contribution in [1.29, 1.82) is 0 Å². The molecular formula is C17H9F3O2. The topological polar surface area (TPSA) is 37.3 Å². The summed E-state index contributed by atoms with van der Waals surface area (Å²) in [5.74, 6) is -3.39. The van der Waals surface area contributed by atoms with Gasteiger partial charge in [-0.3, -0.25) is 0 Å². The zero-order chi connectivity index (χ0) is 15.9. The van der Waals surface area contributed by atoms with E-state index < -0.39 is 23.4 Å². The molecule has 22 heavy (non-hydrogen) atoms. The van der Waals surface area contributed by atoms with Crippen LogP contribution in [0.1, 0.15) is 10.4 Å². The smallest absolute Gasteiger partial charge is 0.335 e. The van der Waals surface area contributed by atoms with Crippen LogP contribution in [0.5, 0.6) is 0 Å². The van der Waals surface area contributed by atoms with Crippen LogP contribution < -0.4 is 0 Å². The van der Waals surface area contributed by atoms with Crippen molar-refractivity contribution in [2.45, 2.75) is 0 Å². The van der Waals surface area contributed by atoms with E-state index in [1.807, 2.05) is 0 Å². The van der Waals surface area contributed by atoms with Gasteiger partial charge in [0.1, 0.15) is 17.5 Å². The minimum Gasteiger partial charge on any atom is -0.478 e. The maximum Gasteiger partial charge on any atom is 0.335 e. The van der Waals surface area contributed by atoms with Crippen LogP contribution in [0.4, 0.5) is 13.2 Å². The standard InChI is InChI=1S/C17H9F3O2/c18-13-7-6-11(16-14(19)2-1-3-15(16)20)12-8-9(17(21)22)4-5-10(12)13/h1-8H,(H,21,22). The Morgan fingerprint density at radius 2 is 1.50 bits per heavy atom. The SMILES string of the molecule is O=C(O)c1ccc2c(F)ccc(-c3c(F)cccc3F)c2c1. The molecule has 1 N–H and O–H groups in total. The molecule has 0 aliphatic rings. The van der Waals surface area contributed by atoms with Crippen LogP contribution in [0.2, 0.25) is 0 Å². The van der Waals surface area contributed by atoms with Crippen LogP contribution in [-0.4, -0.2) is 11.1 Å². The molecule has 0 saturated carbocycles. The Morgan fingerprint density at radius 1 is 0.818 bits per heavy atom. The Balaban J connectivity index is 2.41. The Morgan fingerprint density at radius 3 is 2.14 bits per heavy atom. The monoisotopic (exact) mass is 302 g/mol. The molecule has 2 nitrogen and oxygen atoms in total.